The molecule has 0 aromatic heterocycles. The number of thioether (sulfide) groups is 1. The monoisotopic (exact) mass is 427 g/mol. The van der Waals surface area contributed by atoms with Gasteiger partial charge in [-0.1, -0.05) is 12.1 Å². The summed E-state index contributed by atoms with van der Waals surface area (Å²) in [6, 6.07) is 9.33. The van der Waals surface area contributed by atoms with E-state index in [1.165, 1.54) is 42.1 Å². The van der Waals surface area contributed by atoms with Crippen molar-refractivity contribution in [2.45, 2.75) is 23.5 Å². The minimum Gasteiger partial charge on any atom is -0.343 e. The molecule has 3 N–H and O–H groups in total. The van der Waals surface area contributed by atoms with Crippen LogP contribution in [0.5, 0.6) is 0 Å². The Balaban J connectivity index is 1.58. The van der Waals surface area contributed by atoms with Crippen LogP contribution in [0, 0.1) is 5.82 Å². The zero-order chi connectivity index (χ0) is 21.0. The van der Waals surface area contributed by atoms with Crippen LogP contribution in [-0.4, -0.2) is 30.4 Å². The standard InChI is InChI=1S/C19H17F4N3O2S/c20-14-3-1-2-13-15(8-9-29-16(13)14)26-18(28)25-12-6-4-11(5-7-12)17(27)24-10-19(21,22)23/h1-7,15H,8-10H2,(H,24,27)(H2,25,26,28). The summed E-state index contributed by atoms with van der Waals surface area (Å²) in [5.41, 5.74) is 1.11. The highest BCUT2D eigenvalue weighted by atomic mass is 32.2. The van der Waals surface area contributed by atoms with Gasteiger partial charge in [0.2, 0.25) is 0 Å². The van der Waals surface area contributed by atoms with Gasteiger partial charge < -0.3 is 16.0 Å². The van der Waals surface area contributed by atoms with E-state index in [2.05, 4.69) is 10.6 Å². The second-order valence-electron chi connectivity index (χ2n) is 6.32. The summed E-state index contributed by atoms with van der Waals surface area (Å²) in [6.07, 6.45) is -3.85. The Kier molecular flexibility index (Phi) is 6.31. The first-order valence-electron chi connectivity index (χ1n) is 8.67. The molecule has 2 aromatic carbocycles. The van der Waals surface area contributed by atoms with Crippen molar-refractivity contribution in [2.24, 2.45) is 0 Å². The van der Waals surface area contributed by atoms with Gasteiger partial charge in [-0.3, -0.25) is 4.79 Å². The number of benzene rings is 2. The van der Waals surface area contributed by atoms with Crippen LogP contribution in [-0.2, 0) is 0 Å². The lowest BCUT2D eigenvalue weighted by molar-refractivity contribution is -0.123. The second-order valence-corrected chi connectivity index (χ2v) is 7.43. The molecule has 0 spiro atoms. The van der Waals surface area contributed by atoms with Gasteiger partial charge in [0, 0.05) is 21.9 Å². The Morgan fingerprint density at radius 2 is 1.83 bits per heavy atom. The van der Waals surface area contributed by atoms with Crippen LogP contribution in [0.3, 0.4) is 0 Å². The van der Waals surface area contributed by atoms with Gasteiger partial charge in [-0.2, -0.15) is 13.2 Å². The first-order chi connectivity index (χ1) is 13.7. The van der Waals surface area contributed by atoms with E-state index in [9.17, 15) is 27.2 Å². The zero-order valence-electron chi connectivity index (χ0n) is 15.0. The minimum absolute atomic E-state index is 0.0360. The fourth-order valence-electron chi connectivity index (χ4n) is 2.85. The molecule has 3 rings (SSSR count). The van der Waals surface area contributed by atoms with E-state index in [0.717, 1.165) is 0 Å². The van der Waals surface area contributed by atoms with Crippen LogP contribution >= 0.6 is 11.8 Å². The lowest BCUT2D eigenvalue weighted by Gasteiger charge is -2.26. The van der Waals surface area contributed by atoms with E-state index in [1.807, 2.05) is 0 Å². The lowest BCUT2D eigenvalue weighted by Crippen LogP contribution is -2.34. The molecule has 1 unspecified atom stereocenters. The van der Waals surface area contributed by atoms with Gasteiger partial charge in [-0.05, 0) is 42.3 Å². The SMILES string of the molecule is O=C(Nc1ccc(C(=O)NCC(F)(F)F)cc1)NC1CCSc2c(F)cccc21. The summed E-state index contributed by atoms with van der Waals surface area (Å²) in [5, 5.41) is 7.16. The van der Waals surface area contributed by atoms with Crippen LogP contribution in [0.15, 0.2) is 47.4 Å². The number of nitrogens with one attached hydrogen (secondary N) is 3. The van der Waals surface area contributed by atoms with Crippen molar-refractivity contribution in [2.75, 3.05) is 17.6 Å². The fraction of sp³-hybridized carbons (Fsp3) is 0.263. The van der Waals surface area contributed by atoms with Gasteiger partial charge in [-0.25, -0.2) is 9.18 Å². The first kappa shape index (κ1) is 21.0. The molecule has 0 fully saturated rings. The molecule has 1 aliphatic rings. The van der Waals surface area contributed by atoms with Crippen LogP contribution in [0.1, 0.15) is 28.4 Å². The third-order valence-electron chi connectivity index (χ3n) is 4.19. The van der Waals surface area contributed by atoms with Gasteiger partial charge in [0.05, 0.1) is 6.04 Å². The molecule has 1 aliphatic heterocycles. The Morgan fingerprint density at radius 3 is 2.52 bits per heavy atom. The number of alkyl halides is 3. The third-order valence-corrected chi connectivity index (χ3v) is 5.34. The molecule has 3 amide bonds. The van der Waals surface area contributed by atoms with Crippen molar-refractivity contribution in [1.29, 1.82) is 0 Å². The Labute approximate surface area is 168 Å². The van der Waals surface area contributed by atoms with Crippen molar-refractivity contribution in [1.82, 2.24) is 10.6 Å². The van der Waals surface area contributed by atoms with E-state index in [4.69, 9.17) is 0 Å². The van der Waals surface area contributed by atoms with Gasteiger partial charge in [0.15, 0.2) is 0 Å². The zero-order valence-corrected chi connectivity index (χ0v) is 15.8. The van der Waals surface area contributed by atoms with E-state index >= 15 is 0 Å². The van der Waals surface area contributed by atoms with Crippen LogP contribution in [0.25, 0.3) is 0 Å². The molecule has 1 atom stereocenters. The molecule has 0 aliphatic carbocycles. The molecule has 5 nitrogen and oxygen atoms in total. The Bertz CT molecular complexity index is 903. The van der Waals surface area contributed by atoms with Crippen molar-refractivity contribution >= 4 is 29.4 Å². The average Bonchev–Trinajstić information content (AvgIpc) is 2.67. The van der Waals surface area contributed by atoms with Crippen molar-refractivity contribution in [3.63, 3.8) is 0 Å². The predicted octanol–water partition coefficient (Wildman–Crippen LogP) is 4.48. The predicted molar refractivity (Wildman–Crippen MR) is 101 cm³/mol. The summed E-state index contributed by atoms with van der Waals surface area (Å²) < 4.78 is 50.4. The quantitative estimate of drug-likeness (QED) is 0.631. The third kappa shape index (κ3) is 5.63. The molecule has 2 aromatic rings. The lowest BCUT2D eigenvalue weighted by atomic mass is 10.0. The number of halogens is 4. The topological polar surface area (TPSA) is 70.2 Å². The molecule has 0 radical (unpaired) electrons. The smallest absolute Gasteiger partial charge is 0.343 e. The maximum Gasteiger partial charge on any atom is 0.405 e. The number of hydrogen-bond acceptors (Lipinski definition) is 3. The highest BCUT2D eigenvalue weighted by Gasteiger charge is 2.28. The molecule has 29 heavy (non-hydrogen) atoms. The molecular weight excluding hydrogens is 410 g/mol. The number of carbonyl (C=O) groups is 2. The highest BCUT2D eigenvalue weighted by molar-refractivity contribution is 7.99. The summed E-state index contributed by atoms with van der Waals surface area (Å²) >= 11 is 1.40. The minimum atomic E-state index is -4.49. The molecule has 0 bridgehead atoms. The Hall–Kier alpha value is -2.75. The van der Waals surface area contributed by atoms with Gasteiger partial charge in [-0.15, -0.1) is 11.8 Å². The van der Waals surface area contributed by atoms with E-state index in [0.29, 0.717) is 28.3 Å². The number of carbonyl (C=O) groups excluding carboxylic acids is 2. The highest BCUT2D eigenvalue weighted by Crippen LogP contribution is 2.37. The first-order valence-corrected chi connectivity index (χ1v) is 9.65. The molecule has 1 heterocycles. The normalized spacial score (nSPS) is 15.9. The maximum absolute atomic E-state index is 13.9. The number of anilines is 1. The number of rotatable bonds is 4. The van der Waals surface area contributed by atoms with Crippen LogP contribution in [0.4, 0.5) is 28.0 Å². The number of urea groups is 1. The Morgan fingerprint density at radius 1 is 1.10 bits per heavy atom. The van der Waals surface area contributed by atoms with E-state index < -0.39 is 24.7 Å². The molecule has 0 saturated heterocycles. The number of amides is 3. The van der Waals surface area contributed by atoms with Gasteiger partial charge in [0.1, 0.15) is 12.4 Å². The number of fused-ring (bicyclic) bond motifs is 1. The summed E-state index contributed by atoms with van der Waals surface area (Å²) in [4.78, 5) is 24.5. The summed E-state index contributed by atoms with van der Waals surface area (Å²) in [6.45, 7) is -1.42. The number of hydrogen-bond donors (Lipinski definition) is 3. The van der Waals surface area contributed by atoms with Crippen molar-refractivity contribution in [3.05, 3.63) is 59.4 Å². The van der Waals surface area contributed by atoms with Crippen LogP contribution in [0.2, 0.25) is 0 Å². The second kappa shape index (κ2) is 8.73. The van der Waals surface area contributed by atoms with Crippen molar-refractivity contribution < 1.29 is 27.2 Å². The maximum atomic E-state index is 13.9. The average molecular weight is 427 g/mol. The molecule has 0 saturated carbocycles. The summed E-state index contributed by atoms with van der Waals surface area (Å²) in [7, 11) is 0. The largest absolute Gasteiger partial charge is 0.405 e. The van der Waals surface area contributed by atoms with Crippen LogP contribution < -0.4 is 16.0 Å². The molecular formula is C19H17F4N3O2S. The van der Waals surface area contributed by atoms with E-state index in [1.54, 1.807) is 17.4 Å². The summed E-state index contributed by atoms with van der Waals surface area (Å²) in [5.74, 6) is -0.517. The van der Waals surface area contributed by atoms with Gasteiger partial charge >= 0.3 is 12.2 Å². The van der Waals surface area contributed by atoms with Gasteiger partial charge in [0.25, 0.3) is 5.91 Å². The fourth-order valence-corrected chi connectivity index (χ4v) is 3.99. The van der Waals surface area contributed by atoms with E-state index in [-0.39, 0.29) is 17.4 Å². The van der Waals surface area contributed by atoms with Crippen molar-refractivity contribution in [3.8, 4) is 0 Å². The molecule has 154 valence electrons. The molecule has 10 heteroatoms.